The van der Waals surface area contributed by atoms with Crippen LogP contribution >= 0.6 is 15.9 Å². The van der Waals surface area contributed by atoms with Gasteiger partial charge in [0.25, 0.3) is 5.91 Å². The number of carbonyl (C=O) groups excluding carboxylic acids is 1. The SMILES string of the molecule is CCCC[C@@H](CC)CNC(=O)c1ccc(CN(c2ccc(Br)cc2)S(C)(=O)=O)cc1. The van der Waals surface area contributed by atoms with E-state index < -0.39 is 10.0 Å². The molecule has 0 unspecified atom stereocenters. The molecule has 0 radical (unpaired) electrons. The Morgan fingerprint density at radius 3 is 2.23 bits per heavy atom. The minimum absolute atomic E-state index is 0.0932. The van der Waals surface area contributed by atoms with Gasteiger partial charge < -0.3 is 5.32 Å². The summed E-state index contributed by atoms with van der Waals surface area (Å²) in [6, 6.07) is 14.3. The number of benzene rings is 2. The van der Waals surface area contributed by atoms with Gasteiger partial charge in [-0.25, -0.2) is 8.42 Å². The van der Waals surface area contributed by atoms with E-state index in [1.165, 1.54) is 17.0 Å². The number of anilines is 1. The molecule has 164 valence electrons. The summed E-state index contributed by atoms with van der Waals surface area (Å²) in [4.78, 5) is 12.5. The first kappa shape index (κ1) is 24.4. The second-order valence-corrected chi connectivity index (χ2v) is 10.4. The number of halogens is 1. The number of hydrogen-bond acceptors (Lipinski definition) is 3. The van der Waals surface area contributed by atoms with Crippen LogP contribution in [-0.2, 0) is 16.6 Å². The van der Waals surface area contributed by atoms with Crippen molar-refractivity contribution in [3.8, 4) is 0 Å². The highest BCUT2D eigenvalue weighted by Gasteiger charge is 2.18. The molecule has 0 saturated carbocycles. The maximum atomic E-state index is 12.5. The largest absolute Gasteiger partial charge is 0.352 e. The van der Waals surface area contributed by atoms with E-state index in [2.05, 4.69) is 35.1 Å². The zero-order valence-corrected chi connectivity index (χ0v) is 20.3. The topological polar surface area (TPSA) is 66.5 Å². The number of rotatable bonds is 11. The van der Waals surface area contributed by atoms with E-state index in [1.54, 1.807) is 36.4 Å². The summed E-state index contributed by atoms with van der Waals surface area (Å²) in [5.74, 6) is 0.409. The summed E-state index contributed by atoms with van der Waals surface area (Å²) < 4.78 is 26.8. The Balaban J connectivity index is 2.04. The maximum absolute atomic E-state index is 12.5. The lowest BCUT2D eigenvalue weighted by Crippen LogP contribution is -2.30. The van der Waals surface area contributed by atoms with Crippen molar-refractivity contribution in [1.82, 2.24) is 5.32 Å². The third-order valence-corrected chi connectivity index (χ3v) is 6.82. The second kappa shape index (κ2) is 11.5. The van der Waals surface area contributed by atoms with Crippen LogP contribution in [0.5, 0.6) is 0 Å². The summed E-state index contributed by atoms with van der Waals surface area (Å²) >= 11 is 3.37. The highest BCUT2D eigenvalue weighted by atomic mass is 79.9. The lowest BCUT2D eigenvalue weighted by molar-refractivity contribution is 0.0946. The van der Waals surface area contributed by atoms with Crippen LogP contribution in [0.2, 0.25) is 0 Å². The Morgan fingerprint density at radius 2 is 1.70 bits per heavy atom. The number of hydrogen-bond donors (Lipinski definition) is 1. The Bertz CT molecular complexity index is 912. The van der Waals surface area contributed by atoms with E-state index in [0.29, 0.717) is 23.7 Å². The van der Waals surface area contributed by atoms with Crippen LogP contribution in [0, 0.1) is 5.92 Å². The third kappa shape index (κ3) is 7.43. The van der Waals surface area contributed by atoms with E-state index in [0.717, 1.165) is 29.3 Å². The van der Waals surface area contributed by atoms with Crippen molar-refractivity contribution in [3.05, 3.63) is 64.1 Å². The molecule has 1 amide bonds. The molecule has 0 heterocycles. The Hall–Kier alpha value is -1.86. The molecule has 2 rings (SSSR count). The molecule has 0 spiro atoms. The van der Waals surface area contributed by atoms with Crippen molar-refractivity contribution >= 4 is 37.5 Å². The molecular formula is C23H31BrN2O3S. The average Bonchev–Trinajstić information content (AvgIpc) is 2.72. The maximum Gasteiger partial charge on any atom is 0.251 e. The monoisotopic (exact) mass is 494 g/mol. The van der Waals surface area contributed by atoms with Gasteiger partial charge in [0.05, 0.1) is 18.5 Å². The molecule has 0 aliphatic rings. The first-order valence-corrected chi connectivity index (χ1v) is 13.0. The van der Waals surface area contributed by atoms with E-state index in [1.807, 2.05) is 12.1 Å². The molecule has 0 bridgehead atoms. The minimum Gasteiger partial charge on any atom is -0.352 e. The lowest BCUT2D eigenvalue weighted by atomic mass is 9.99. The van der Waals surface area contributed by atoms with Gasteiger partial charge in [0, 0.05) is 16.6 Å². The molecule has 0 aromatic heterocycles. The van der Waals surface area contributed by atoms with Crippen LogP contribution in [0.15, 0.2) is 53.0 Å². The number of nitrogens with zero attached hydrogens (tertiary/aromatic N) is 1. The highest BCUT2D eigenvalue weighted by molar-refractivity contribution is 9.10. The molecule has 2 aromatic carbocycles. The van der Waals surface area contributed by atoms with Crippen LogP contribution in [0.25, 0.3) is 0 Å². The highest BCUT2D eigenvalue weighted by Crippen LogP contribution is 2.23. The van der Waals surface area contributed by atoms with Gasteiger partial charge in [0.2, 0.25) is 10.0 Å². The van der Waals surface area contributed by atoms with Crippen molar-refractivity contribution in [2.24, 2.45) is 5.92 Å². The Labute approximate surface area is 189 Å². The normalized spacial score (nSPS) is 12.4. The predicted octanol–water partition coefficient (Wildman–Crippen LogP) is 5.36. The molecule has 30 heavy (non-hydrogen) atoms. The first-order valence-electron chi connectivity index (χ1n) is 10.3. The molecule has 5 nitrogen and oxygen atoms in total. The van der Waals surface area contributed by atoms with Gasteiger partial charge >= 0.3 is 0 Å². The summed E-state index contributed by atoms with van der Waals surface area (Å²) in [6.45, 7) is 5.22. The molecule has 0 aliphatic heterocycles. The van der Waals surface area contributed by atoms with Crippen LogP contribution in [-0.4, -0.2) is 27.1 Å². The molecule has 1 atom stereocenters. The zero-order chi connectivity index (χ0) is 22.1. The fourth-order valence-electron chi connectivity index (χ4n) is 3.22. The molecule has 1 N–H and O–H groups in total. The van der Waals surface area contributed by atoms with Gasteiger partial charge in [-0.2, -0.15) is 0 Å². The second-order valence-electron chi connectivity index (χ2n) is 7.57. The van der Waals surface area contributed by atoms with Crippen molar-refractivity contribution in [3.63, 3.8) is 0 Å². The summed E-state index contributed by atoms with van der Waals surface area (Å²) in [7, 11) is -3.45. The fraction of sp³-hybridized carbons (Fsp3) is 0.435. The zero-order valence-electron chi connectivity index (χ0n) is 17.9. The first-order chi connectivity index (χ1) is 14.2. The Morgan fingerprint density at radius 1 is 1.07 bits per heavy atom. The molecule has 0 saturated heterocycles. The van der Waals surface area contributed by atoms with Crippen molar-refractivity contribution < 1.29 is 13.2 Å². The Kier molecular flexibility index (Phi) is 9.37. The van der Waals surface area contributed by atoms with Gasteiger partial charge in [0.15, 0.2) is 0 Å². The number of nitrogens with one attached hydrogen (secondary N) is 1. The molecule has 7 heteroatoms. The van der Waals surface area contributed by atoms with Gasteiger partial charge in [-0.1, -0.05) is 61.2 Å². The average molecular weight is 495 g/mol. The van der Waals surface area contributed by atoms with Gasteiger partial charge in [-0.05, 0) is 54.3 Å². The summed E-state index contributed by atoms with van der Waals surface area (Å²) in [6.07, 6.45) is 5.72. The summed E-state index contributed by atoms with van der Waals surface area (Å²) in [5, 5.41) is 3.02. The third-order valence-electron chi connectivity index (χ3n) is 5.15. The standard InChI is InChI=1S/C23H31BrN2O3S/c1-4-6-7-18(5-2)16-25-23(27)20-10-8-19(9-11-20)17-26(30(3,28)29)22-14-12-21(24)13-15-22/h8-15,18H,4-7,16-17H2,1-3H3,(H,25,27)/t18-/m1/s1. The van der Waals surface area contributed by atoms with E-state index in [-0.39, 0.29) is 12.5 Å². The number of amides is 1. The number of sulfonamides is 1. The van der Waals surface area contributed by atoms with Crippen LogP contribution in [0.3, 0.4) is 0 Å². The van der Waals surface area contributed by atoms with Crippen molar-refractivity contribution in [2.75, 3.05) is 17.1 Å². The lowest BCUT2D eigenvalue weighted by Gasteiger charge is -2.22. The van der Waals surface area contributed by atoms with Crippen LogP contribution < -0.4 is 9.62 Å². The molecule has 0 fully saturated rings. The van der Waals surface area contributed by atoms with E-state index in [9.17, 15) is 13.2 Å². The van der Waals surface area contributed by atoms with Gasteiger partial charge in [0.1, 0.15) is 0 Å². The quantitative estimate of drug-likeness (QED) is 0.456. The van der Waals surface area contributed by atoms with Crippen molar-refractivity contribution in [2.45, 2.75) is 46.1 Å². The van der Waals surface area contributed by atoms with Gasteiger partial charge in [-0.3, -0.25) is 9.10 Å². The molecule has 2 aromatic rings. The molecular weight excluding hydrogens is 464 g/mol. The number of unbranched alkanes of at least 4 members (excludes halogenated alkanes) is 1. The number of carbonyl (C=O) groups is 1. The van der Waals surface area contributed by atoms with Gasteiger partial charge in [-0.15, -0.1) is 0 Å². The minimum atomic E-state index is -3.45. The smallest absolute Gasteiger partial charge is 0.251 e. The van der Waals surface area contributed by atoms with Crippen LogP contribution in [0.4, 0.5) is 5.69 Å². The molecule has 0 aliphatic carbocycles. The fourth-order valence-corrected chi connectivity index (χ4v) is 4.37. The predicted molar refractivity (Wildman–Crippen MR) is 127 cm³/mol. The summed E-state index contributed by atoms with van der Waals surface area (Å²) in [5.41, 5.74) is 1.99. The van der Waals surface area contributed by atoms with Crippen LogP contribution in [0.1, 0.15) is 55.5 Å². The van der Waals surface area contributed by atoms with E-state index >= 15 is 0 Å². The van der Waals surface area contributed by atoms with Crippen molar-refractivity contribution in [1.29, 1.82) is 0 Å². The van der Waals surface area contributed by atoms with E-state index in [4.69, 9.17) is 0 Å².